The van der Waals surface area contributed by atoms with E-state index in [4.69, 9.17) is 0 Å². The van der Waals surface area contributed by atoms with E-state index < -0.39 is 0 Å². The molecule has 0 nitrogen and oxygen atoms in total. The third-order valence-corrected chi connectivity index (χ3v) is 5.17. The number of thioether (sulfide) groups is 2. The molecule has 0 aromatic rings. The Bertz CT molecular complexity index is 66.1. The van der Waals surface area contributed by atoms with Crippen LogP contribution < -0.4 is 0 Å². The van der Waals surface area contributed by atoms with E-state index >= 15 is 0 Å². The van der Waals surface area contributed by atoms with Gasteiger partial charge >= 0.3 is 0 Å². The van der Waals surface area contributed by atoms with E-state index in [2.05, 4.69) is 19.6 Å². The molecule has 0 saturated carbocycles. The molecule has 8 heavy (non-hydrogen) atoms. The average molecular weight is 166 g/mol. The molecule has 0 amide bonds. The SMILES string of the molecule is CC(S)C1SCCS1. The molecule has 1 aliphatic rings. The van der Waals surface area contributed by atoms with Crippen molar-refractivity contribution in [2.45, 2.75) is 16.8 Å². The van der Waals surface area contributed by atoms with E-state index in [0.29, 0.717) is 5.25 Å². The van der Waals surface area contributed by atoms with E-state index in [9.17, 15) is 0 Å². The maximum absolute atomic E-state index is 4.35. The van der Waals surface area contributed by atoms with Crippen LogP contribution in [-0.4, -0.2) is 21.3 Å². The second kappa shape index (κ2) is 3.28. The van der Waals surface area contributed by atoms with Gasteiger partial charge in [-0.25, -0.2) is 0 Å². The molecule has 1 fully saturated rings. The number of hydrogen-bond donors (Lipinski definition) is 1. The van der Waals surface area contributed by atoms with Gasteiger partial charge in [-0.3, -0.25) is 0 Å². The van der Waals surface area contributed by atoms with Crippen molar-refractivity contribution in [1.82, 2.24) is 0 Å². The van der Waals surface area contributed by atoms with Crippen LogP contribution >= 0.6 is 36.2 Å². The van der Waals surface area contributed by atoms with Crippen LogP contribution in [0.5, 0.6) is 0 Å². The Hall–Kier alpha value is 1.05. The summed E-state index contributed by atoms with van der Waals surface area (Å²) in [5.74, 6) is 2.64. The molecule has 3 heteroatoms. The zero-order valence-electron chi connectivity index (χ0n) is 4.83. The largest absolute Gasteiger partial charge is 0.174 e. The lowest BCUT2D eigenvalue weighted by Gasteiger charge is -2.09. The molecule has 1 unspecified atom stereocenters. The van der Waals surface area contributed by atoms with Crippen LogP contribution in [0, 0.1) is 0 Å². The molecule has 0 N–H and O–H groups in total. The molecular weight excluding hydrogens is 156 g/mol. The van der Waals surface area contributed by atoms with Crippen molar-refractivity contribution in [2.24, 2.45) is 0 Å². The van der Waals surface area contributed by atoms with Gasteiger partial charge in [-0.05, 0) is 0 Å². The minimum atomic E-state index is 0.562. The minimum Gasteiger partial charge on any atom is -0.174 e. The Kier molecular flexibility index (Phi) is 2.93. The van der Waals surface area contributed by atoms with Crippen molar-refractivity contribution in [1.29, 1.82) is 0 Å². The van der Waals surface area contributed by atoms with Crippen molar-refractivity contribution >= 4 is 36.2 Å². The van der Waals surface area contributed by atoms with Crippen molar-refractivity contribution in [3.05, 3.63) is 0 Å². The summed E-state index contributed by atoms with van der Waals surface area (Å²) in [6.07, 6.45) is 0. The Morgan fingerprint density at radius 2 is 2.00 bits per heavy atom. The van der Waals surface area contributed by atoms with Crippen molar-refractivity contribution in [3.8, 4) is 0 Å². The lowest BCUT2D eigenvalue weighted by Crippen LogP contribution is -2.04. The van der Waals surface area contributed by atoms with E-state index in [1.54, 1.807) is 0 Å². The summed E-state index contributed by atoms with van der Waals surface area (Å²) in [6, 6.07) is 0. The van der Waals surface area contributed by atoms with Crippen LogP contribution in [0.15, 0.2) is 0 Å². The number of thiol groups is 1. The van der Waals surface area contributed by atoms with Crippen LogP contribution in [0.2, 0.25) is 0 Å². The Labute approximate surface area is 64.6 Å². The summed E-state index contributed by atoms with van der Waals surface area (Å²) in [5.41, 5.74) is 0. The maximum Gasteiger partial charge on any atom is 0.0616 e. The van der Waals surface area contributed by atoms with Gasteiger partial charge in [-0.1, -0.05) is 6.92 Å². The fourth-order valence-electron chi connectivity index (χ4n) is 0.655. The summed E-state index contributed by atoms with van der Waals surface area (Å²) >= 11 is 8.43. The zero-order valence-corrected chi connectivity index (χ0v) is 7.36. The molecule has 1 aliphatic heterocycles. The summed E-state index contributed by atoms with van der Waals surface area (Å²) in [7, 11) is 0. The van der Waals surface area contributed by atoms with Gasteiger partial charge in [0.25, 0.3) is 0 Å². The van der Waals surface area contributed by atoms with Gasteiger partial charge in [0.2, 0.25) is 0 Å². The second-order valence-electron chi connectivity index (χ2n) is 1.85. The first-order chi connectivity index (χ1) is 3.80. The van der Waals surface area contributed by atoms with Gasteiger partial charge in [0.1, 0.15) is 0 Å². The summed E-state index contributed by atoms with van der Waals surface area (Å²) in [4.78, 5) is 0. The van der Waals surface area contributed by atoms with Crippen molar-refractivity contribution < 1.29 is 0 Å². The maximum atomic E-state index is 4.35. The third kappa shape index (κ3) is 1.78. The smallest absolute Gasteiger partial charge is 0.0616 e. The van der Waals surface area contributed by atoms with Gasteiger partial charge < -0.3 is 0 Å². The lowest BCUT2D eigenvalue weighted by molar-refractivity contribution is 1.10. The molecular formula is C5H10S3. The van der Waals surface area contributed by atoms with Crippen LogP contribution in [-0.2, 0) is 0 Å². The van der Waals surface area contributed by atoms with Gasteiger partial charge in [0, 0.05) is 16.8 Å². The Morgan fingerprint density at radius 3 is 2.25 bits per heavy atom. The highest BCUT2D eigenvalue weighted by Crippen LogP contribution is 2.35. The highest BCUT2D eigenvalue weighted by molar-refractivity contribution is 8.20. The van der Waals surface area contributed by atoms with Gasteiger partial charge in [-0.2, -0.15) is 12.6 Å². The van der Waals surface area contributed by atoms with Crippen LogP contribution in [0.1, 0.15) is 6.92 Å². The molecule has 1 atom stereocenters. The normalized spacial score (nSPS) is 26.2. The average Bonchev–Trinajstić information content (AvgIpc) is 2.12. The molecule has 0 radical (unpaired) electrons. The van der Waals surface area contributed by atoms with Crippen molar-refractivity contribution in [2.75, 3.05) is 11.5 Å². The van der Waals surface area contributed by atoms with E-state index in [0.717, 1.165) is 4.58 Å². The highest BCUT2D eigenvalue weighted by Gasteiger charge is 2.19. The van der Waals surface area contributed by atoms with Crippen molar-refractivity contribution in [3.63, 3.8) is 0 Å². The zero-order chi connectivity index (χ0) is 5.98. The quantitative estimate of drug-likeness (QED) is 0.593. The Balaban J connectivity index is 2.24. The topological polar surface area (TPSA) is 0 Å². The lowest BCUT2D eigenvalue weighted by atomic mass is 10.5. The molecule has 1 saturated heterocycles. The molecule has 0 aliphatic carbocycles. The molecule has 0 aromatic heterocycles. The first-order valence-electron chi connectivity index (χ1n) is 2.72. The molecule has 0 spiro atoms. The number of rotatable bonds is 1. The summed E-state index contributed by atoms with van der Waals surface area (Å²) < 4.78 is 0.762. The van der Waals surface area contributed by atoms with E-state index in [-0.39, 0.29) is 0 Å². The molecule has 48 valence electrons. The first kappa shape index (κ1) is 7.16. The van der Waals surface area contributed by atoms with E-state index in [1.807, 2.05) is 23.5 Å². The number of hydrogen-bond acceptors (Lipinski definition) is 3. The standard InChI is InChI=1S/C5H10S3/c1-4(6)5-7-2-3-8-5/h4-6H,2-3H2,1H3. The fourth-order valence-corrected chi connectivity index (χ4v) is 3.93. The monoisotopic (exact) mass is 166 g/mol. The Morgan fingerprint density at radius 1 is 1.50 bits per heavy atom. The predicted molar refractivity (Wildman–Crippen MR) is 47.2 cm³/mol. The van der Waals surface area contributed by atoms with Gasteiger partial charge in [-0.15, -0.1) is 23.5 Å². The third-order valence-electron chi connectivity index (χ3n) is 1.04. The molecule has 0 aromatic carbocycles. The molecule has 1 rings (SSSR count). The van der Waals surface area contributed by atoms with Crippen LogP contribution in [0.3, 0.4) is 0 Å². The van der Waals surface area contributed by atoms with Gasteiger partial charge in [0.05, 0.1) is 4.58 Å². The summed E-state index contributed by atoms with van der Waals surface area (Å²) in [6.45, 7) is 2.17. The summed E-state index contributed by atoms with van der Waals surface area (Å²) in [5, 5.41) is 0.562. The second-order valence-corrected chi connectivity index (χ2v) is 5.46. The van der Waals surface area contributed by atoms with Gasteiger partial charge in [0.15, 0.2) is 0 Å². The minimum absolute atomic E-state index is 0.562. The highest BCUT2D eigenvalue weighted by atomic mass is 32.2. The first-order valence-corrected chi connectivity index (χ1v) is 5.33. The predicted octanol–water partition coefficient (Wildman–Crippen LogP) is 2.11. The molecule has 1 heterocycles. The van der Waals surface area contributed by atoms with Crippen LogP contribution in [0.25, 0.3) is 0 Å². The fraction of sp³-hybridized carbons (Fsp3) is 1.00. The van der Waals surface area contributed by atoms with Crippen LogP contribution in [0.4, 0.5) is 0 Å². The molecule has 0 bridgehead atoms. The van der Waals surface area contributed by atoms with E-state index in [1.165, 1.54) is 11.5 Å².